The van der Waals surface area contributed by atoms with Crippen LogP contribution >= 0.6 is 0 Å². The number of imidazole rings is 1. The van der Waals surface area contributed by atoms with E-state index in [0.717, 1.165) is 18.9 Å². The van der Waals surface area contributed by atoms with E-state index in [1.807, 2.05) is 12.4 Å². The molecule has 1 aliphatic carbocycles. The van der Waals surface area contributed by atoms with Crippen LogP contribution in [0.2, 0.25) is 0 Å². The SMILES string of the molecule is CCNC(Cc1nccn1C)C1CCCC1(C)C. The van der Waals surface area contributed by atoms with Crippen molar-refractivity contribution < 1.29 is 0 Å². The van der Waals surface area contributed by atoms with Crippen molar-refractivity contribution in [1.82, 2.24) is 14.9 Å². The van der Waals surface area contributed by atoms with Gasteiger partial charge in [0.05, 0.1) is 0 Å². The highest BCUT2D eigenvalue weighted by molar-refractivity contribution is 5.00. The van der Waals surface area contributed by atoms with Gasteiger partial charge in [0, 0.05) is 31.9 Å². The maximum Gasteiger partial charge on any atom is 0.109 e. The Labute approximate surface area is 111 Å². The lowest BCUT2D eigenvalue weighted by Crippen LogP contribution is -2.42. The van der Waals surface area contributed by atoms with Crippen LogP contribution in [0.4, 0.5) is 0 Å². The van der Waals surface area contributed by atoms with Crippen molar-refractivity contribution in [2.45, 2.75) is 52.5 Å². The van der Waals surface area contributed by atoms with Crippen molar-refractivity contribution in [3.05, 3.63) is 18.2 Å². The minimum absolute atomic E-state index is 0.470. The molecule has 1 N–H and O–H groups in total. The van der Waals surface area contributed by atoms with Gasteiger partial charge in [-0.1, -0.05) is 27.2 Å². The summed E-state index contributed by atoms with van der Waals surface area (Å²) in [5.41, 5.74) is 0.470. The molecule has 102 valence electrons. The Morgan fingerprint density at radius 1 is 1.56 bits per heavy atom. The van der Waals surface area contributed by atoms with Crippen molar-refractivity contribution in [2.75, 3.05) is 6.54 Å². The maximum atomic E-state index is 4.48. The molecule has 3 heteroatoms. The third kappa shape index (κ3) is 2.77. The summed E-state index contributed by atoms with van der Waals surface area (Å²) in [5, 5.41) is 3.69. The van der Waals surface area contributed by atoms with Crippen LogP contribution in [0.3, 0.4) is 0 Å². The zero-order valence-corrected chi connectivity index (χ0v) is 12.2. The maximum absolute atomic E-state index is 4.48. The van der Waals surface area contributed by atoms with E-state index in [0.29, 0.717) is 11.5 Å². The first-order chi connectivity index (χ1) is 8.54. The summed E-state index contributed by atoms with van der Waals surface area (Å²) in [6.07, 6.45) is 9.08. The van der Waals surface area contributed by atoms with Crippen LogP contribution in [-0.2, 0) is 13.5 Å². The van der Waals surface area contributed by atoms with E-state index in [1.165, 1.54) is 25.1 Å². The first-order valence-corrected chi connectivity index (χ1v) is 7.24. The van der Waals surface area contributed by atoms with Crippen LogP contribution in [0.15, 0.2) is 12.4 Å². The Morgan fingerprint density at radius 3 is 2.83 bits per heavy atom. The van der Waals surface area contributed by atoms with Gasteiger partial charge in [-0.05, 0) is 30.7 Å². The van der Waals surface area contributed by atoms with Gasteiger partial charge < -0.3 is 9.88 Å². The largest absolute Gasteiger partial charge is 0.338 e. The van der Waals surface area contributed by atoms with Crippen molar-refractivity contribution >= 4 is 0 Å². The molecule has 0 aromatic carbocycles. The van der Waals surface area contributed by atoms with Gasteiger partial charge in [0.1, 0.15) is 5.82 Å². The molecule has 1 heterocycles. The van der Waals surface area contributed by atoms with Crippen molar-refractivity contribution in [2.24, 2.45) is 18.4 Å². The summed E-state index contributed by atoms with van der Waals surface area (Å²) in [5.74, 6) is 1.97. The summed E-state index contributed by atoms with van der Waals surface area (Å²) in [6.45, 7) is 8.09. The highest BCUT2D eigenvalue weighted by Crippen LogP contribution is 2.44. The monoisotopic (exact) mass is 249 g/mol. The summed E-state index contributed by atoms with van der Waals surface area (Å²) in [7, 11) is 2.09. The molecule has 0 aliphatic heterocycles. The molecule has 2 rings (SSSR count). The van der Waals surface area contributed by atoms with Crippen LogP contribution in [-0.4, -0.2) is 22.1 Å². The lowest BCUT2D eigenvalue weighted by molar-refractivity contribution is 0.195. The van der Waals surface area contributed by atoms with E-state index in [1.54, 1.807) is 0 Å². The van der Waals surface area contributed by atoms with Gasteiger partial charge in [-0.25, -0.2) is 4.98 Å². The Morgan fingerprint density at radius 2 is 2.33 bits per heavy atom. The molecule has 0 radical (unpaired) electrons. The Hall–Kier alpha value is -0.830. The predicted molar refractivity (Wildman–Crippen MR) is 75.5 cm³/mol. The fourth-order valence-electron chi connectivity index (χ4n) is 3.51. The molecule has 1 fully saturated rings. The van der Waals surface area contributed by atoms with E-state index in [4.69, 9.17) is 0 Å². The minimum atomic E-state index is 0.470. The average Bonchev–Trinajstić information content (AvgIpc) is 2.84. The highest BCUT2D eigenvalue weighted by Gasteiger charge is 2.39. The standard InChI is InChI=1S/C15H27N3/c1-5-16-13(11-14-17-9-10-18(14)4)12-7-6-8-15(12,2)3/h9-10,12-13,16H,5-8,11H2,1-4H3. The molecule has 1 saturated carbocycles. The zero-order chi connectivity index (χ0) is 13.2. The van der Waals surface area contributed by atoms with Gasteiger partial charge in [0.15, 0.2) is 0 Å². The van der Waals surface area contributed by atoms with Gasteiger partial charge in [0.2, 0.25) is 0 Å². The number of aromatic nitrogens is 2. The molecule has 18 heavy (non-hydrogen) atoms. The molecule has 0 saturated heterocycles. The molecule has 1 aromatic rings. The third-order valence-electron chi connectivity index (χ3n) is 4.62. The number of nitrogens with zero attached hydrogens (tertiary/aromatic N) is 2. The number of aryl methyl sites for hydroxylation is 1. The molecule has 2 atom stereocenters. The number of nitrogens with one attached hydrogen (secondary N) is 1. The summed E-state index contributed by atoms with van der Waals surface area (Å²) >= 11 is 0. The third-order valence-corrected chi connectivity index (χ3v) is 4.62. The molecule has 0 amide bonds. The molecular weight excluding hydrogens is 222 g/mol. The fourth-order valence-corrected chi connectivity index (χ4v) is 3.51. The first kappa shape index (κ1) is 13.6. The van der Waals surface area contributed by atoms with Gasteiger partial charge in [-0.2, -0.15) is 0 Å². The molecule has 3 nitrogen and oxygen atoms in total. The minimum Gasteiger partial charge on any atom is -0.338 e. The second kappa shape index (κ2) is 5.43. The fraction of sp³-hybridized carbons (Fsp3) is 0.800. The molecule has 1 aliphatic rings. The molecule has 0 bridgehead atoms. The normalized spacial score (nSPS) is 24.3. The van der Waals surface area contributed by atoms with Crippen LogP contribution in [0, 0.1) is 11.3 Å². The van der Waals surface area contributed by atoms with Crippen LogP contribution in [0.5, 0.6) is 0 Å². The topological polar surface area (TPSA) is 29.9 Å². The van der Waals surface area contributed by atoms with Crippen LogP contribution in [0.25, 0.3) is 0 Å². The number of hydrogen-bond acceptors (Lipinski definition) is 2. The predicted octanol–water partition coefficient (Wildman–Crippen LogP) is 2.77. The Kier molecular flexibility index (Phi) is 4.10. The highest BCUT2D eigenvalue weighted by atomic mass is 15.0. The number of hydrogen-bond donors (Lipinski definition) is 1. The molecule has 0 spiro atoms. The van der Waals surface area contributed by atoms with Gasteiger partial charge in [-0.3, -0.25) is 0 Å². The Balaban J connectivity index is 2.11. The second-order valence-corrected chi connectivity index (χ2v) is 6.31. The zero-order valence-electron chi connectivity index (χ0n) is 12.2. The van der Waals surface area contributed by atoms with Gasteiger partial charge in [0.25, 0.3) is 0 Å². The summed E-state index contributed by atoms with van der Waals surface area (Å²) < 4.78 is 2.15. The van der Waals surface area contributed by atoms with Gasteiger partial charge >= 0.3 is 0 Å². The molecule has 2 unspecified atom stereocenters. The van der Waals surface area contributed by atoms with Crippen molar-refractivity contribution in [1.29, 1.82) is 0 Å². The van der Waals surface area contributed by atoms with E-state index < -0.39 is 0 Å². The van der Waals surface area contributed by atoms with E-state index >= 15 is 0 Å². The van der Waals surface area contributed by atoms with Crippen LogP contribution < -0.4 is 5.32 Å². The quantitative estimate of drug-likeness (QED) is 0.869. The van der Waals surface area contributed by atoms with E-state index in [2.05, 4.69) is 42.7 Å². The second-order valence-electron chi connectivity index (χ2n) is 6.31. The Bertz CT molecular complexity index is 381. The van der Waals surface area contributed by atoms with E-state index in [9.17, 15) is 0 Å². The van der Waals surface area contributed by atoms with Crippen molar-refractivity contribution in [3.8, 4) is 0 Å². The summed E-state index contributed by atoms with van der Waals surface area (Å²) in [6, 6.07) is 0.564. The summed E-state index contributed by atoms with van der Waals surface area (Å²) in [4.78, 5) is 4.48. The lowest BCUT2D eigenvalue weighted by atomic mass is 9.76. The average molecular weight is 249 g/mol. The lowest BCUT2D eigenvalue weighted by Gasteiger charge is -2.34. The number of rotatable bonds is 5. The van der Waals surface area contributed by atoms with Crippen LogP contribution in [0.1, 0.15) is 45.9 Å². The smallest absolute Gasteiger partial charge is 0.109 e. The van der Waals surface area contributed by atoms with Crippen molar-refractivity contribution in [3.63, 3.8) is 0 Å². The molecule has 1 aromatic heterocycles. The first-order valence-electron chi connectivity index (χ1n) is 7.24. The van der Waals surface area contributed by atoms with Gasteiger partial charge in [-0.15, -0.1) is 0 Å². The van der Waals surface area contributed by atoms with E-state index in [-0.39, 0.29) is 0 Å². The number of likely N-dealkylation sites (N-methyl/N-ethyl adjacent to an activating group) is 1. The molecular formula is C15H27N3.